The third-order valence-electron chi connectivity index (χ3n) is 5.28. The first-order valence-electron chi connectivity index (χ1n) is 10.6. The Morgan fingerprint density at radius 3 is 1.52 bits per heavy atom. The molecule has 0 saturated carbocycles. The topological polar surface area (TPSA) is 57.2 Å². The molecular weight excluding hydrogens is 392 g/mol. The molecule has 5 heteroatoms. The van der Waals surface area contributed by atoms with Crippen molar-refractivity contribution in [3.63, 3.8) is 0 Å². The number of hydrogen-bond donors (Lipinski definition) is 1. The molecule has 4 rings (SSSR count). The van der Waals surface area contributed by atoms with Crippen LogP contribution in [0, 0.1) is 0 Å². The normalized spacial score (nSPS) is 23.5. The van der Waals surface area contributed by atoms with Crippen LogP contribution in [-0.2, 0) is 38.8 Å². The lowest BCUT2D eigenvalue weighted by Gasteiger charge is -2.40. The fourth-order valence-electron chi connectivity index (χ4n) is 3.59. The van der Waals surface area contributed by atoms with Gasteiger partial charge < -0.3 is 24.1 Å². The molecule has 1 fully saturated rings. The van der Waals surface area contributed by atoms with Crippen molar-refractivity contribution in [3.8, 4) is 0 Å². The van der Waals surface area contributed by atoms with Crippen LogP contribution < -0.4 is 0 Å². The average Bonchev–Trinajstić information content (AvgIpc) is 2.83. The number of ether oxygens (including phenoxy) is 4. The van der Waals surface area contributed by atoms with Crippen molar-refractivity contribution in [2.45, 2.75) is 44.4 Å². The molecule has 3 aromatic carbocycles. The lowest BCUT2D eigenvalue weighted by Crippen LogP contribution is -2.56. The highest BCUT2D eigenvalue weighted by molar-refractivity contribution is 5.15. The Labute approximate surface area is 183 Å². The first kappa shape index (κ1) is 21.7. The van der Waals surface area contributed by atoms with Crippen LogP contribution in [-0.4, -0.2) is 36.3 Å². The van der Waals surface area contributed by atoms with E-state index in [1.807, 2.05) is 91.0 Å². The molecular formula is C26H28O5. The maximum absolute atomic E-state index is 10.5. The number of aliphatic hydroxyl groups is 1. The molecule has 0 bridgehead atoms. The summed E-state index contributed by atoms with van der Waals surface area (Å²) in [4.78, 5) is 0. The van der Waals surface area contributed by atoms with Gasteiger partial charge in [-0.1, -0.05) is 91.0 Å². The van der Waals surface area contributed by atoms with Crippen LogP contribution in [0.4, 0.5) is 0 Å². The Morgan fingerprint density at radius 2 is 1.03 bits per heavy atom. The van der Waals surface area contributed by atoms with Gasteiger partial charge in [0, 0.05) is 0 Å². The summed E-state index contributed by atoms with van der Waals surface area (Å²) in [5, 5.41) is 10.5. The Morgan fingerprint density at radius 1 is 0.613 bits per heavy atom. The van der Waals surface area contributed by atoms with Gasteiger partial charge in [-0.15, -0.1) is 0 Å². The largest absolute Gasteiger partial charge is 0.368 e. The van der Waals surface area contributed by atoms with E-state index in [9.17, 15) is 5.11 Å². The standard InChI is InChI=1S/C26H28O5/c27-26-25(30-18-22-14-8-3-9-15-22)24(29-17-21-12-6-2-7-13-21)23(19-31-26)28-16-20-10-4-1-5-11-20/h1-15,23-27H,16-19H2/t23-,24+,25+,26?/m0/s1. The van der Waals surface area contributed by atoms with E-state index in [0.29, 0.717) is 19.8 Å². The Kier molecular flexibility index (Phi) is 7.82. The lowest BCUT2D eigenvalue weighted by atomic mass is 10.0. The summed E-state index contributed by atoms with van der Waals surface area (Å²) in [7, 11) is 0. The minimum Gasteiger partial charge on any atom is -0.368 e. The fourth-order valence-corrected chi connectivity index (χ4v) is 3.59. The van der Waals surface area contributed by atoms with E-state index in [1.54, 1.807) is 0 Å². The molecule has 0 amide bonds. The second kappa shape index (κ2) is 11.2. The minimum atomic E-state index is -1.08. The van der Waals surface area contributed by atoms with Crippen molar-refractivity contribution in [1.29, 1.82) is 0 Å². The first-order chi connectivity index (χ1) is 15.3. The molecule has 31 heavy (non-hydrogen) atoms. The van der Waals surface area contributed by atoms with Crippen molar-refractivity contribution in [1.82, 2.24) is 0 Å². The van der Waals surface area contributed by atoms with E-state index in [-0.39, 0.29) is 12.7 Å². The molecule has 0 spiro atoms. The molecule has 162 valence electrons. The van der Waals surface area contributed by atoms with Crippen LogP contribution in [0.25, 0.3) is 0 Å². The molecule has 0 radical (unpaired) electrons. The summed E-state index contributed by atoms with van der Waals surface area (Å²) >= 11 is 0. The van der Waals surface area contributed by atoms with Gasteiger partial charge in [-0.3, -0.25) is 0 Å². The zero-order valence-electron chi connectivity index (χ0n) is 17.4. The summed E-state index contributed by atoms with van der Waals surface area (Å²) in [6, 6.07) is 29.8. The van der Waals surface area contributed by atoms with Crippen LogP contribution >= 0.6 is 0 Å². The fraction of sp³-hybridized carbons (Fsp3) is 0.308. The van der Waals surface area contributed by atoms with Crippen LogP contribution in [0.3, 0.4) is 0 Å². The van der Waals surface area contributed by atoms with Crippen LogP contribution in [0.1, 0.15) is 16.7 Å². The summed E-state index contributed by atoms with van der Waals surface area (Å²) in [6.07, 6.45) is -2.59. The van der Waals surface area contributed by atoms with E-state index in [0.717, 1.165) is 16.7 Å². The van der Waals surface area contributed by atoms with Crippen molar-refractivity contribution >= 4 is 0 Å². The van der Waals surface area contributed by atoms with Gasteiger partial charge in [0.25, 0.3) is 0 Å². The molecule has 1 aliphatic rings. The van der Waals surface area contributed by atoms with E-state index < -0.39 is 18.5 Å². The van der Waals surface area contributed by atoms with Crippen molar-refractivity contribution in [2.24, 2.45) is 0 Å². The van der Waals surface area contributed by atoms with Gasteiger partial charge in [-0.25, -0.2) is 0 Å². The zero-order valence-corrected chi connectivity index (χ0v) is 17.4. The smallest absolute Gasteiger partial charge is 0.183 e. The molecule has 1 heterocycles. The van der Waals surface area contributed by atoms with E-state index in [2.05, 4.69) is 0 Å². The third kappa shape index (κ3) is 6.23. The monoisotopic (exact) mass is 420 g/mol. The van der Waals surface area contributed by atoms with E-state index >= 15 is 0 Å². The number of aliphatic hydroxyl groups excluding tert-OH is 1. The first-order valence-corrected chi connectivity index (χ1v) is 10.6. The zero-order chi connectivity index (χ0) is 21.3. The highest BCUT2D eigenvalue weighted by Gasteiger charge is 2.42. The molecule has 1 saturated heterocycles. The predicted molar refractivity (Wildman–Crippen MR) is 117 cm³/mol. The van der Waals surface area contributed by atoms with Gasteiger partial charge in [-0.2, -0.15) is 0 Å². The molecule has 1 unspecified atom stereocenters. The van der Waals surface area contributed by atoms with Gasteiger partial charge in [-0.05, 0) is 16.7 Å². The van der Waals surface area contributed by atoms with E-state index in [4.69, 9.17) is 18.9 Å². The Balaban J connectivity index is 1.46. The van der Waals surface area contributed by atoms with Gasteiger partial charge in [0.1, 0.15) is 18.3 Å². The van der Waals surface area contributed by atoms with Gasteiger partial charge in [0.15, 0.2) is 6.29 Å². The quantitative estimate of drug-likeness (QED) is 0.565. The molecule has 1 aliphatic heterocycles. The molecule has 4 atom stereocenters. The predicted octanol–water partition coefficient (Wildman–Crippen LogP) is 4.09. The van der Waals surface area contributed by atoms with Crippen molar-refractivity contribution in [3.05, 3.63) is 108 Å². The van der Waals surface area contributed by atoms with E-state index in [1.165, 1.54) is 0 Å². The highest BCUT2D eigenvalue weighted by Crippen LogP contribution is 2.25. The SMILES string of the molecule is OC1OC[C@H](OCc2ccccc2)[C@@H](OCc2ccccc2)[C@H]1OCc1ccccc1. The van der Waals surface area contributed by atoms with Gasteiger partial charge >= 0.3 is 0 Å². The molecule has 3 aromatic rings. The van der Waals surface area contributed by atoms with Gasteiger partial charge in [0.05, 0.1) is 26.4 Å². The minimum absolute atomic E-state index is 0.235. The summed E-state index contributed by atoms with van der Waals surface area (Å²) in [6.45, 7) is 1.41. The van der Waals surface area contributed by atoms with Crippen LogP contribution in [0.5, 0.6) is 0 Å². The summed E-state index contributed by atoms with van der Waals surface area (Å²) < 4.78 is 24.1. The number of hydrogen-bond acceptors (Lipinski definition) is 5. The number of rotatable bonds is 9. The molecule has 1 N–H and O–H groups in total. The molecule has 5 nitrogen and oxygen atoms in total. The Hall–Kier alpha value is -2.54. The van der Waals surface area contributed by atoms with Crippen molar-refractivity contribution in [2.75, 3.05) is 6.61 Å². The summed E-state index contributed by atoms with van der Waals surface area (Å²) in [5.41, 5.74) is 3.13. The maximum Gasteiger partial charge on any atom is 0.183 e. The van der Waals surface area contributed by atoms with Crippen molar-refractivity contribution < 1.29 is 24.1 Å². The Bertz CT molecular complexity index is 887. The van der Waals surface area contributed by atoms with Crippen LogP contribution in [0.2, 0.25) is 0 Å². The highest BCUT2D eigenvalue weighted by atomic mass is 16.7. The summed E-state index contributed by atoms with van der Waals surface area (Å²) in [5.74, 6) is 0. The van der Waals surface area contributed by atoms with Crippen LogP contribution in [0.15, 0.2) is 91.0 Å². The average molecular weight is 421 g/mol. The second-order valence-electron chi connectivity index (χ2n) is 7.58. The lowest BCUT2D eigenvalue weighted by molar-refractivity contribution is -0.286. The van der Waals surface area contributed by atoms with Gasteiger partial charge in [0.2, 0.25) is 0 Å². The number of benzene rings is 3. The second-order valence-corrected chi connectivity index (χ2v) is 7.58. The third-order valence-corrected chi connectivity index (χ3v) is 5.28. The molecule has 0 aliphatic carbocycles. The maximum atomic E-state index is 10.5. The molecule has 0 aromatic heterocycles.